The van der Waals surface area contributed by atoms with E-state index in [-0.39, 0.29) is 10.6 Å². The van der Waals surface area contributed by atoms with Crippen molar-refractivity contribution in [3.63, 3.8) is 0 Å². The number of benzene rings is 1. The molecule has 0 saturated heterocycles. The van der Waals surface area contributed by atoms with Crippen molar-refractivity contribution in [1.82, 2.24) is 0 Å². The molecular formula is C12H10Cl2N2O2S. The summed E-state index contributed by atoms with van der Waals surface area (Å²) in [6.07, 6.45) is 0. The average Bonchev–Trinajstić information content (AvgIpc) is 2.73. The van der Waals surface area contributed by atoms with Crippen LogP contribution in [0.15, 0.2) is 24.3 Å². The van der Waals surface area contributed by atoms with Gasteiger partial charge in [-0.25, -0.2) is 4.79 Å². The lowest BCUT2D eigenvalue weighted by atomic mass is 10.1. The average molecular weight is 317 g/mol. The predicted molar refractivity (Wildman–Crippen MR) is 79.5 cm³/mol. The number of nitrogen functional groups attached to an aromatic ring is 1. The van der Waals surface area contributed by atoms with Gasteiger partial charge in [-0.1, -0.05) is 23.2 Å². The van der Waals surface area contributed by atoms with Crippen LogP contribution in [0.4, 0.5) is 11.4 Å². The highest BCUT2D eigenvalue weighted by molar-refractivity contribution is 7.16. The van der Waals surface area contributed by atoms with Gasteiger partial charge < -0.3 is 16.2 Å². The van der Waals surface area contributed by atoms with Gasteiger partial charge in [-0.3, -0.25) is 0 Å². The second-order valence-electron chi connectivity index (χ2n) is 3.79. The Morgan fingerprint density at radius 3 is 2.68 bits per heavy atom. The lowest BCUT2D eigenvalue weighted by molar-refractivity contribution is 0.0698. The second-order valence-corrected chi connectivity index (χ2v) is 6.00. The Morgan fingerprint density at radius 1 is 1.37 bits per heavy atom. The smallest absolute Gasteiger partial charge is 0.337 e. The van der Waals surface area contributed by atoms with Crippen molar-refractivity contribution in [1.29, 1.82) is 0 Å². The fourth-order valence-electron chi connectivity index (χ4n) is 1.60. The quantitative estimate of drug-likeness (QED) is 0.746. The molecule has 0 atom stereocenters. The molecule has 4 nitrogen and oxygen atoms in total. The number of carboxylic acids is 1. The van der Waals surface area contributed by atoms with Crippen LogP contribution in [0.25, 0.3) is 0 Å². The minimum atomic E-state index is -1.08. The van der Waals surface area contributed by atoms with E-state index >= 15 is 0 Å². The number of hydrogen-bond acceptors (Lipinski definition) is 4. The molecule has 2 aromatic rings. The summed E-state index contributed by atoms with van der Waals surface area (Å²) in [6, 6.07) is 6.53. The van der Waals surface area contributed by atoms with Crippen LogP contribution >= 0.6 is 34.5 Å². The van der Waals surface area contributed by atoms with Gasteiger partial charge in [0.15, 0.2) is 0 Å². The molecule has 0 fully saturated rings. The van der Waals surface area contributed by atoms with Crippen molar-refractivity contribution in [3.05, 3.63) is 44.1 Å². The lowest BCUT2D eigenvalue weighted by Gasteiger charge is -2.11. The van der Waals surface area contributed by atoms with Gasteiger partial charge in [0.1, 0.15) is 0 Å². The first-order valence-electron chi connectivity index (χ1n) is 5.28. The zero-order chi connectivity index (χ0) is 14.0. The zero-order valence-electron chi connectivity index (χ0n) is 9.61. The highest BCUT2D eigenvalue weighted by Gasteiger charge is 2.14. The predicted octanol–water partition coefficient (Wildman–Crippen LogP) is 3.95. The number of halogens is 2. The fourth-order valence-corrected chi connectivity index (χ4v) is 2.92. The fraction of sp³-hybridized carbons (Fsp3) is 0.0833. The van der Waals surface area contributed by atoms with Crippen LogP contribution in [0.1, 0.15) is 15.2 Å². The van der Waals surface area contributed by atoms with E-state index in [0.29, 0.717) is 22.3 Å². The number of nitrogens with one attached hydrogen (secondary N) is 1. The minimum Gasteiger partial charge on any atom is -0.478 e. The SMILES string of the molecule is Nc1cc(Cl)c(NCc2ccc(Cl)s2)c(C(=O)O)c1. The number of aromatic carboxylic acids is 1. The van der Waals surface area contributed by atoms with Gasteiger partial charge in [-0.05, 0) is 24.3 Å². The number of hydrogen-bond donors (Lipinski definition) is 3. The van der Waals surface area contributed by atoms with E-state index < -0.39 is 5.97 Å². The summed E-state index contributed by atoms with van der Waals surface area (Å²) in [6.45, 7) is 0.446. The highest BCUT2D eigenvalue weighted by Crippen LogP contribution is 2.30. The molecule has 0 radical (unpaired) electrons. The van der Waals surface area contributed by atoms with E-state index in [9.17, 15) is 4.79 Å². The lowest BCUT2D eigenvalue weighted by Crippen LogP contribution is -2.07. The summed E-state index contributed by atoms with van der Waals surface area (Å²) in [4.78, 5) is 12.1. The van der Waals surface area contributed by atoms with E-state index in [1.807, 2.05) is 6.07 Å². The van der Waals surface area contributed by atoms with E-state index in [2.05, 4.69) is 5.32 Å². The summed E-state index contributed by atoms with van der Waals surface area (Å²) in [5.41, 5.74) is 6.30. The molecule has 0 aliphatic rings. The van der Waals surface area contributed by atoms with Crippen molar-refractivity contribution in [2.75, 3.05) is 11.1 Å². The van der Waals surface area contributed by atoms with E-state index in [4.69, 9.17) is 34.0 Å². The summed E-state index contributed by atoms with van der Waals surface area (Å²) >= 11 is 13.3. The Hall–Kier alpha value is -1.43. The van der Waals surface area contributed by atoms with Gasteiger partial charge in [-0.2, -0.15) is 0 Å². The molecule has 0 spiro atoms. The molecule has 0 amide bonds. The van der Waals surface area contributed by atoms with E-state index in [1.54, 1.807) is 6.07 Å². The van der Waals surface area contributed by atoms with Crippen molar-refractivity contribution in [3.8, 4) is 0 Å². The van der Waals surface area contributed by atoms with Crippen LogP contribution in [-0.2, 0) is 6.54 Å². The Kier molecular flexibility index (Phi) is 4.19. The van der Waals surface area contributed by atoms with Crippen LogP contribution in [0, 0.1) is 0 Å². The molecule has 0 bridgehead atoms. The van der Waals surface area contributed by atoms with Gasteiger partial charge in [-0.15, -0.1) is 11.3 Å². The molecule has 1 aromatic heterocycles. The molecule has 0 saturated carbocycles. The molecule has 0 aliphatic heterocycles. The van der Waals surface area contributed by atoms with Crippen LogP contribution in [0.5, 0.6) is 0 Å². The van der Waals surface area contributed by atoms with Crippen molar-refractivity contribution in [2.24, 2.45) is 0 Å². The summed E-state index contributed by atoms with van der Waals surface area (Å²) in [7, 11) is 0. The number of rotatable bonds is 4. The molecule has 1 heterocycles. The first kappa shape index (κ1) is 14.0. The van der Waals surface area contributed by atoms with Crippen molar-refractivity contribution < 1.29 is 9.90 Å². The van der Waals surface area contributed by atoms with Gasteiger partial charge in [0, 0.05) is 17.1 Å². The van der Waals surface area contributed by atoms with Gasteiger partial charge in [0.2, 0.25) is 0 Å². The van der Waals surface area contributed by atoms with Gasteiger partial charge in [0.25, 0.3) is 0 Å². The number of anilines is 2. The molecule has 7 heteroatoms. The maximum atomic E-state index is 11.2. The van der Waals surface area contributed by atoms with Crippen molar-refractivity contribution in [2.45, 2.75) is 6.54 Å². The molecule has 4 N–H and O–H groups in total. The standard InChI is InChI=1S/C12H10Cl2N2O2S/c13-9-4-6(15)3-8(12(17)18)11(9)16-5-7-1-2-10(14)19-7/h1-4,16H,5,15H2,(H,17,18). The minimum absolute atomic E-state index is 0.0488. The Morgan fingerprint density at radius 2 is 2.11 bits per heavy atom. The maximum absolute atomic E-state index is 11.2. The first-order valence-corrected chi connectivity index (χ1v) is 6.85. The third-order valence-electron chi connectivity index (χ3n) is 2.41. The number of nitrogens with two attached hydrogens (primary N) is 1. The van der Waals surface area contributed by atoms with Crippen LogP contribution in [-0.4, -0.2) is 11.1 Å². The normalized spacial score (nSPS) is 10.4. The van der Waals surface area contributed by atoms with E-state index in [0.717, 1.165) is 4.88 Å². The summed E-state index contributed by atoms with van der Waals surface area (Å²) in [5.74, 6) is -1.08. The van der Waals surface area contributed by atoms with Crippen LogP contribution in [0.2, 0.25) is 9.36 Å². The van der Waals surface area contributed by atoms with Gasteiger partial charge in [0.05, 0.1) is 20.6 Å². The monoisotopic (exact) mass is 316 g/mol. The summed E-state index contributed by atoms with van der Waals surface area (Å²) in [5, 5.41) is 12.4. The second kappa shape index (κ2) is 5.69. The van der Waals surface area contributed by atoms with Gasteiger partial charge >= 0.3 is 5.97 Å². The third kappa shape index (κ3) is 3.32. The highest BCUT2D eigenvalue weighted by atomic mass is 35.5. The third-order valence-corrected chi connectivity index (χ3v) is 3.94. The molecule has 19 heavy (non-hydrogen) atoms. The van der Waals surface area contributed by atoms with Crippen LogP contribution in [0.3, 0.4) is 0 Å². The molecule has 100 valence electrons. The number of thiophene rings is 1. The molecule has 0 unspecified atom stereocenters. The maximum Gasteiger partial charge on any atom is 0.337 e. The molecular weight excluding hydrogens is 307 g/mol. The van der Waals surface area contributed by atoms with Crippen LogP contribution < -0.4 is 11.1 Å². The summed E-state index contributed by atoms with van der Waals surface area (Å²) < 4.78 is 0.679. The number of carbonyl (C=O) groups is 1. The van der Waals surface area contributed by atoms with E-state index in [1.165, 1.54) is 23.5 Å². The Balaban J connectivity index is 2.26. The Labute approximate surface area is 123 Å². The first-order chi connectivity index (χ1) is 8.97. The Bertz CT molecular complexity index is 628. The largest absolute Gasteiger partial charge is 0.478 e. The molecule has 2 rings (SSSR count). The molecule has 1 aromatic carbocycles. The number of carboxylic acid groups (broad SMARTS) is 1. The van der Waals surface area contributed by atoms with Crippen molar-refractivity contribution >= 4 is 51.9 Å². The molecule has 0 aliphatic carbocycles. The topological polar surface area (TPSA) is 75.3 Å². The zero-order valence-corrected chi connectivity index (χ0v) is 11.9.